The molecule has 1 unspecified atom stereocenters. The number of hydrogen-bond donors (Lipinski definition) is 0. The third-order valence-electron chi connectivity index (χ3n) is 3.60. The fourth-order valence-corrected chi connectivity index (χ4v) is 2.45. The minimum Gasteiger partial charge on any atom is -0.464 e. The van der Waals surface area contributed by atoms with E-state index < -0.39 is 30.1 Å². The van der Waals surface area contributed by atoms with Gasteiger partial charge in [0.1, 0.15) is 12.1 Å². The number of amides is 1. The molecule has 1 heterocycles. The summed E-state index contributed by atoms with van der Waals surface area (Å²) < 4.78 is 9.62. The normalized spacial score (nSPS) is 18.2. The van der Waals surface area contributed by atoms with Crippen molar-refractivity contribution in [2.75, 3.05) is 6.61 Å². The van der Waals surface area contributed by atoms with E-state index >= 15 is 0 Å². The van der Waals surface area contributed by atoms with Crippen LogP contribution < -0.4 is 0 Å². The van der Waals surface area contributed by atoms with Gasteiger partial charge in [-0.3, -0.25) is 4.90 Å². The SMILES string of the molecule is CCOC(=O)[C@H](CCc1ccccc1)N1C(=O)OC(=O)C1C.S. The molecule has 0 bridgehead atoms. The van der Waals surface area contributed by atoms with Crippen molar-refractivity contribution < 1.29 is 23.9 Å². The summed E-state index contributed by atoms with van der Waals surface area (Å²) in [6, 6.07) is 8.01. The molecule has 23 heavy (non-hydrogen) atoms. The Labute approximate surface area is 142 Å². The van der Waals surface area contributed by atoms with E-state index in [1.807, 2.05) is 30.3 Å². The molecule has 1 fully saturated rings. The maximum Gasteiger partial charge on any atom is 0.419 e. The van der Waals surface area contributed by atoms with Crippen LogP contribution in [0.5, 0.6) is 0 Å². The molecule has 0 saturated carbocycles. The van der Waals surface area contributed by atoms with E-state index in [2.05, 4.69) is 4.74 Å². The van der Waals surface area contributed by atoms with E-state index in [0.717, 1.165) is 5.56 Å². The number of hydrogen-bond acceptors (Lipinski definition) is 5. The van der Waals surface area contributed by atoms with E-state index in [9.17, 15) is 14.4 Å². The van der Waals surface area contributed by atoms with Gasteiger partial charge in [0.25, 0.3) is 0 Å². The zero-order chi connectivity index (χ0) is 16.1. The van der Waals surface area contributed by atoms with Gasteiger partial charge in [-0.1, -0.05) is 30.3 Å². The van der Waals surface area contributed by atoms with Crippen LogP contribution in [0.1, 0.15) is 25.8 Å². The molecule has 1 amide bonds. The highest BCUT2D eigenvalue weighted by Crippen LogP contribution is 2.21. The molecule has 0 aromatic heterocycles. The molecule has 1 saturated heterocycles. The summed E-state index contributed by atoms with van der Waals surface area (Å²) in [7, 11) is 0. The van der Waals surface area contributed by atoms with Gasteiger partial charge in [0.05, 0.1) is 6.61 Å². The molecule has 0 spiro atoms. The highest BCUT2D eigenvalue weighted by molar-refractivity contribution is 7.59. The molecule has 1 aromatic rings. The topological polar surface area (TPSA) is 72.9 Å². The molecule has 7 heteroatoms. The quantitative estimate of drug-likeness (QED) is 0.586. The molecular formula is C16H21NO5S. The second kappa shape index (κ2) is 8.57. The highest BCUT2D eigenvalue weighted by Gasteiger charge is 2.45. The second-order valence-corrected chi connectivity index (χ2v) is 5.06. The van der Waals surface area contributed by atoms with Crippen LogP contribution in [-0.2, 0) is 25.5 Å². The lowest BCUT2D eigenvalue weighted by Crippen LogP contribution is -2.47. The van der Waals surface area contributed by atoms with Gasteiger partial charge in [-0.2, -0.15) is 13.5 Å². The average Bonchev–Trinajstić information content (AvgIpc) is 2.75. The van der Waals surface area contributed by atoms with Crippen molar-refractivity contribution in [3.8, 4) is 0 Å². The summed E-state index contributed by atoms with van der Waals surface area (Å²) >= 11 is 0. The van der Waals surface area contributed by atoms with Crippen molar-refractivity contribution >= 4 is 31.5 Å². The van der Waals surface area contributed by atoms with Crippen LogP contribution in [0.15, 0.2) is 30.3 Å². The maximum atomic E-state index is 12.2. The Bertz CT molecular complexity index is 563. The molecule has 0 aliphatic carbocycles. The lowest BCUT2D eigenvalue weighted by Gasteiger charge is -2.26. The van der Waals surface area contributed by atoms with E-state index in [1.165, 1.54) is 4.90 Å². The Kier molecular flexibility index (Phi) is 7.09. The molecule has 0 N–H and O–H groups in total. The first-order valence-electron chi connectivity index (χ1n) is 7.29. The van der Waals surface area contributed by atoms with Gasteiger partial charge in [0, 0.05) is 0 Å². The zero-order valence-electron chi connectivity index (χ0n) is 13.2. The Morgan fingerprint density at radius 1 is 1.30 bits per heavy atom. The third kappa shape index (κ3) is 4.48. The molecular weight excluding hydrogens is 318 g/mol. The van der Waals surface area contributed by atoms with Gasteiger partial charge >= 0.3 is 18.0 Å². The molecule has 2 atom stereocenters. The minimum absolute atomic E-state index is 0. The van der Waals surface area contributed by atoms with Crippen molar-refractivity contribution in [3.05, 3.63) is 35.9 Å². The van der Waals surface area contributed by atoms with Crippen LogP contribution in [0.25, 0.3) is 0 Å². The van der Waals surface area contributed by atoms with Crippen molar-refractivity contribution in [1.82, 2.24) is 4.90 Å². The number of carbonyl (C=O) groups excluding carboxylic acids is 3. The summed E-state index contributed by atoms with van der Waals surface area (Å²) in [5.41, 5.74) is 1.04. The summed E-state index contributed by atoms with van der Waals surface area (Å²) in [5, 5.41) is 0. The molecule has 1 aliphatic rings. The first-order chi connectivity index (χ1) is 10.5. The second-order valence-electron chi connectivity index (χ2n) is 5.06. The van der Waals surface area contributed by atoms with Crippen molar-refractivity contribution in [3.63, 3.8) is 0 Å². The lowest BCUT2D eigenvalue weighted by molar-refractivity contribution is -0.149. The number of rotatable bonds is 6. The largest absolute Gasteiger partial charge is 0.464 e. The average molecular weight is 339 g/mol. The number of aryl methyl sites for hydroxylation is 1. The predicted molar refractivity (Wildman–Crippen MR) is 88.4 cm³/mol. The third-order valence-corrected chi connectivity index (χ3v) is 3.60. The molecule has 2 rings (SSSR count). The van der Waals surface area contributed by atoms with Gasteiger partial charge in [0.15, 0.2) is 0 Å². The standard InChI is InChI=1S/C16H19NO5.H2S/c1-3-21-15(19)13(10-9-12-7-5-4-6-8-12)17-11(2)14(18)22-16(17)20;/h4-8,11,13H,3,9-10H2,1-2H3;1H2/t11?,13-;/m0./s1. The van der Waals surface area contributed by atoms with Crippen LogP contribution in [0, 0.1) is 0 Å². The number of benzene rings is 1. The van der Waals surface area contributed by atoms with Crippen LogP contribution in [0.3, 0.4) is 0 Å². The van der Waals surface area contributed by atoms with Crippen molar-refractivity contribution in [2.24, 2.45) is 0 Å². The fraction of sp³-hybridized carbons (Fsp3) is 0.438. The van der Waals surface area contributed by atoms with Crippen LogP contribution in [-0.4, -0.2) is 41.6 Å². The predicted octanol–water partition coefficient (Wildman–Crippen LogP) is 2.03. The molecule has 1 aromatic carbocycles. The number of carbonyl (C=O) groups is 3. The van der Waals surface area contributed by atoms with E-state index in [1.54, 1.807) is 13.8 Å². The highest BCUT2D eigenvalue weighted by atomic mass is 32.1. The monoisotopic (exact) mass is 339 g/mol. The summed E-state index contributed by atoms with van der Waals surface area (Å²) in [4.78, 5) is 36.7. The van der Waals surface area contributed by atoms with Crippen LogP contribution in [0.4, 0.5) is 4.79 Å². The van der Waals surface area contributed by atoms with E-state index in [4.69, 9.17) is 4.74 Å². The molecule has 0 radical (unpaired) electrons. The Morgan fingerprint density at radius 3 is 2.48 bits per heavy atom. The van der Waals surface area contributed by atoms with Crippen LogP contribution >= 0.6 is 13.5 Å². The van der Waals surface area contributed by atoms with E-state index in [0.29, 0.717) is 12.8 Å². The van der Waals surface area contributed by atoms with Crippen molar-refractivity contribution in [1.29, 1.82) is 0 Å². The van der Waals surface area contributed by atoms with Crippen LogP contribution in [0.2, 0.25) is 0 Å². The molecule has 126 valence electrons. The molecule has 6 nitrogen and oxygen atoms in total. The van der Waals surface area contributed by atoms with Gasteiger partial charge in [-0.15, -0.1) is 0 Å². The zero-order valence-corrected chi connectivity index (χ0v) is 14.2. The Balaban J connectivity index is 0.00000264. The van der Waals surface area contributed by atoms with Gasteiger partial charge < -0.3 is 9.47 Å². The van der Waals surface area contributed by atoms with Gasteiger partial charge in [0.2, 0.25) is 0 Å². The van der Waals surface area contributed by atoms with E-state index in [-0.39, 0.29) is 20.1 Å². The van der Waals surface area contributed by atoms with Gasteiger partial charge in [-0.05, 0) is 32.3 Å². The summed E-state index contributed by atoms with van der Waals surface area (Å²) in [6.45, 7) is 3.46. The minimum atomic E-state index is -0.825. The Hall–Kier alpha value is -2.02. The first-order valence-corrected chi connectivity index (χ1v) is 7.29. The molecule has 1 aliphatic heterocycles. The maximum absolute atomic E-state index is 12.2. The van der Waals surface area contributed by atoms with Crippen molar-refractivity contribution in [2.45, 2.75) is 38.8 Å². The Morgan fingerprint density at radius 2 is 1.96 bits per heavy atom. The fourth-order valence-electron chi connectivity index (χ4n) is 2.45. The smallest absolute Gasteiger partial charge is 0.419 e. The summed E-state index contributed by atoms with van der Waals surface area (Å²) in [6.07, 6.45) is 0.175. The number of ether oxygens (including phenoxy) is 2. The lowest BCUT2D eigenvalue weighted by atomic mass is 10.0. The van der Waals surface area contributed by atoms with Gasteiger partial charge in [-0.25, -0.2) is 14.4 Å². The number of cyclic esters (lactones) is 2. The summed E-state index contributed by atoms with van der Waals surface area (Å²) in [5.74, 6) is -1.16. The number of esters is 2. The number of nitrogens with zero attached hydrogens (tertiary/aromatic N) is 1. The first kappa shape index (κ1) is 19.0.